The first kappa shape index (κ1) is 12.8. The van der Waals surface area contributed by atoms with Crippen molar-refractivity contribution in [1.29, 1.82) is 0 Å². The van der Waals surface area contributed by atoms with Crippen molar-refractivity contribution in [2.75, 3.05) is 0 Å². The van der Waals surface area contributed by atoms with Gasteiger partial charge in [-0.15, -0.1) is 0 Å². The molecule has 66 valence electrons. The van der Waals surface area contributed by atoms with Gasteiger partial charge in [0.2, 0.25) is 5.28 Å². The van der Waals surface area contributed by atoms with E-state index in [0.29, 0.717) is 5.69 Å². The molecule has 0 aliphatic rings. The number of aliphatic carboxylic acids is 1. The Bertz CT molecular complexity index is 313. The Balaban J connectivity index is 0. The zero-order chi connectivity index (χ0) is 9.14. The molecule has 1 rings (SSSR count). The van der Waals surface area contributed by atoms with Crippen LogP contribution in [-0.2, 0) is 4.79 Å². The predicted molar refractivity (Wildman–Crippen MR) is 44.2 cm³/mol. The van der Waals surface area contributed by atoms with E-state index in [2.05, 4.69) is 9.97 Å². The van der Waals surface area contributed by atoms with Crippen molar-refractivity contribution in [3.63, 3.8) is 0 Å². The van der Waals surface area contributed by atoms with Crippen LogP contribution in [0.5, 0.6) is 0 Å². The predicted octanol–water partition coefficient (Wildman–Crippen LogP) is -1.57. The van der Waals surface area contributed by atoms with Gasteiger partial charge in [0.05, 0.1) is 11.6 Å². The zero-order valence-corrected chi connectivity index (χ0v) is 10.1. The van der Waals surface area contributed by atoms with E-state index in [9.17, 15) is 4.79 Å². The van der Waals surface area contributed by atoms with E-state index >= 15 is 0 Å². The largest absolute Gasteiger partial charge is 1.00 e. The van der Waals surface area contributed by atoms with Crippen molar-refractivity contribution in [3.8, 4) is 0 Å². The van der Waals surface area contributed by atoms with Gasteiger partial charge in [-0.2, -0.15) is 0 Å². The molecule has 1 aromatic rings. The number of halogens is 1. The quantitative estimate of drug-likeness (QED) is 0.474. The van der Waals surface area contributed by atoms with E-state index in [0.717, 1.165) is 0 Å². The number of carboxylic acids is 1. The van der Waals surface area contributed by atoms with Crippen LogP contribution < -0.4 is 29.6 Å². The van der Waals surface area contributed by atoms with Crippen molar-refractivity contribution in [2.45, 2.75) is 12.8 Å². The van der Waals surface area contributed by atoms with Crippen LogP contribution in [0.15, 0.2) is 12.3 Å². The molecule has 1 aromatic heterocycles. The fourth-order valence-corrected chi connectivity index (χ4v) is 0.869. The summed E-state index contributed by atoms with van der Waals surface area (Å²) in [6.07, 6.45) is 1.43. The maximum absolute atomic E-state index is 10.5. The first-order valence-corrected chi connectivity index (χ1v) is 3.70. The van der Waals surface area contributed by atoms with Crippen molar-refractivity contribution in [3.05, 3.63) is 23.2 Å². The fraction of sp³-hybridized carbons (Fsp3) is 0.286. The average Bonchev–Trinajstić information content (AvgIpc) is 2.03. The van der Waals surface area contributed by atoms with E-state index in [1.807, 2.05) is 0 Å². The monoisotopic (exact) mass is 210 g/mol. The number of rotatable bonds is 2. The van der Waals surface area contributed by atoms with E-state index in [1.54, 1.807) is 6.92 Å². The molecule has 0 fully saturated rings. The molecule has 1 N–H and O–H groups in total. The molecule has 0 radical (unpaired) electrons. The van der Waals surface area contributed by atoms with E-state index in [1.165, 1.54) is 12.3 Å². The molecule has 0 aliphatic carbocycles. The minimum absolute atomic E-state index is 0. The Labute approximate surface area is 104 Å². The van der Waals surface area contributed by atoms with Gasteiger partial charge in [0.25, 0.3) is 0 Å². The van der Waals surface area contributed by atoms with Crippen LogP contribution in [0.4, 0.5) is 0 Å². The van der Waals surface area contributed by atoms with Gasteiger partial charge >= 0.3 is 35.5 Å². The first-order chi connectivity index (χ1) is 5.61. The number of aromatic nitrogens is 2. The van der Waals surface area contributed by atoms with Crippen LogP contribution in [0, 0.1) is 0 Å². The fourth-order valence-electron chi connectivity index (χ4n) is 0.715. The van der Waals surface area contributed by atoms with Crippen LogP contribution >= 0.6 is 11.6 Å². The Morgan fingerprint density at radius 1 is 1.77 bits per heavy atom. The topological polar surface area (TPSA) is 63.1 Å². The molecule has 0 saturated carbocycles. The minimum atomic E-state index is -0.926. The number of hydrogen-bond donors (Lipinski definition) is 1. The molecule has 1 unspecified atom stereocenters. The molecule has 0 aliphatic heterocycles. The Morgan fingerprint density at radius 3 is 2.85 bits per heavy atom. The normalized spacial score (nSPS) is 11.5. The first-order valence-electron chi connectivity index (χ1n) is 3.32. The third-order valence-corrected chi connectivity index (χ3v) is 1.64. The summed E-state index contributed by atoms with van der Waals surface area (Å²) in [6.45, 7) is 1.54. The van der Waals surface area contributed by atoms with Crippen LogP contribution in [-0.4, -0.2) is 21.0 Å². The van der Waals surface area contributed by atoms with Gasteiger partial charge in [0, 0.05) is 6.20 Å². The standard InChI is InChI=1S/C7H7ClN2O2.Na.H/c1-4(6(11)12)5-2-3-9-7(8)10-5;;/h2-4H,1H3,(H,11,12);;/q;+1;-1. The summed E-state index contributed by atoms with van der Waals surface area (Å²) in [5.74, 6) is -1.57. The van der Waals surface area contributed by atoms with Crippen LogP contribution in [0.25, 0.3) is 0 Å². The Hall–Kier alpha value is -0.160. The molecule has 0 aromatic carbocycles. The van der Waals surface area contributed by atoms with Crippen LogP contribution in [0.2, 0.25) is 5.28 Å². The van der Waals surface area contributed by atoms with Gasteiger partial charge < -0.3 is 6.53 Å². The third-order valence-electron chi connectivity index (χ3n) is 1.46. The second-order valence-electron chi connectivity index (χ2n) is 2.31. The summed E-state index contributed by atoms with van der Waals surface area (Å²) in [4.78, 5) is 17.9. The Morgan fingerprint density at radius 2 is 2.38 bits per heavy atom. The number of carbonyl (C=O) groups is 1. The molecular formula is C7H8ClN2NaO2. The second-order valence-corrected chi connectivity index (χ2v) is 2.65. The number of carboxylic acid groups (broad SMARTS) is 1. The molecular weight excluding hydrogens is 203 g/mol. The summed E-state index contributed by atoms with van der Waals surface area (Å²) < 4.78 is 0. The molecule has 1 heterocycles. The van der Waals surface area contributed by atoms with Crippen LogP contribution in [0.1, 0.15) is 20.0 Å². The van der Waals surface area contributed by atoms with Gasteiger partial charge in [0.15, 0.2) is 0 Å². The van der Waals surface area contributed by atoms with Crippen molar-refractivity contribution in [2.24, 2.45) is 0 Å². The van der Waals surface area contributed by atoms with E-state index < -0.39 is 11.9 Å². The van der Waals surface area contributed by atoms with E-state index in [-0.39, 0.29) is 36.3 Å². The number of nitrogens with zero attached hydrogens (tertiary/aromatic N) is 2. The van der Waals surface area contributed by atoms with Crippen molar-refractivity contribution in [1.82, 2.24) is 9.97 Å². The molecule has 4 nitrogen and oxygen atoms in total. The molecule has 0 saturated heterocycles. The molecule has 13 heavy (non-hydrogen) atoms. The van der Waals surface area contributed by atoms with Gasteiger partial charge in [-0.3, -0.25) is 4.79 Å². The summed E-state index contributed by atoms with van der Waals surface area (Å²) in [7, 11) is 0. The average molecular weight is 211 g/mol. The number of hydrogen-bond acceptors (Lipinski definition) is 3. The van der Waals surface area contributed by atoms with Gasteiger partial charge in [-0.1, -0.05) is 0 Å². The van der Waals surface area contributed by atoms with Gasteiger partial charge in [-0.05, 0) is 24.6 Å². The third kappa shape index (κ3) is 3.60. The SMILES string of the molecule is CC(C(=O)O)c1ccnc(Cl)n1.[H-].[Na+]. The molecule has 0 bridgehead atoms. The van der Waals surface area contributed by atoms with Gasteiger partial charge in [0.1, 0.15) is 0 Å². The summed E-state index contributed by atoms with van der Waals surface area (Å²) in [5, 5.41) is 8.69. The van der Waals surface area contributed by atoms with Crippen molar-refractivity contribution >= 4 is 17.6 Å². The molecule has 0 amide bonds. The smallest absolute Gasteiger partial charge is 1.00 e. The van der Waals surface area contributed by atoms with Crippen molar-refractivity contribution < 1.29 is 40.9 Å². The molecule has 6 heteroatoms. The maximum Gasteiger partial charge on any atom is 1.00 e. The second kappa shape index (κ2) is 5.54. The Kier molecular flexibility index (Phi) is 5.48. The van der Waals surface area contributed by atoms with Crippen LogP contribution in [0.3, 0.4) is 0 Å². The minimum Gasteiger partial charge on any atom is -1.00 e. The molecule has 0 spiro atoms. The summed E-state index contributed by atoms with van der Waals surface area (Å²) >= 11 is 5.48. The maximum atomic E-state index is 10.5. The van der Waals surface area contributed by atoms with Gasteiger partial charge in [-0.25, -0.2) is 9.97 Å². The zero-order valence-electron chi connectivity index (χ0n) is 8.36. The van der Waals surface area contributed by atoms with E-state index in [4.69, 9.17) is 16.7 Å². The summed E-state index contributed by atoms with van der Waals surface area (Å²) in [6, 6.07) is 1.53. The molecule has 1 atom stereocenters. The summed E-state index contributed by atoms with van der Waals surface area (Å²) in [5.41, 5.74) is 0.419.